The van der Waals surface area contributed by atoms with Gasteiger partial charge in [0.1, 0.15) is 5.82 Å². The Morgan fingerprint density at radius 2 is 1.93 bits per heavy atom. The molecule has 0 aliphatic carbocycles. The molecule has 0 fully saturated rings. The van der Waals surface area contributed by atoms with Crippen LogP contribution in [0.1, 0.15) is 13.8 Å². The summed E-state index contributed by atoms with van der Waals surface area (Å²) in [5.74, 6) is -0.909. The monoisotopic (exact) mass is 214 g/mol. The normalized spacial score (nSPS) is 10.8. The zero-order chi connectivity index (χ0) is 11.6. The number of nitrogens with two attached hydrogens (primary N) is 1. The van der Waals surface area contributed by atoms with E-state index in [4.69, 9.17) is 5.73 Å². The fourth-order valence-electron chi connectivity index (χ4n) is 1.53. The molecule has 1 rings (SSSR count). The first kappa shape index (κ1) is 11.8. The Balaban J connectivity index is 3.02. The average molecular weight is 214 g/mol. The molecule has 0 amide bonds. The molecule has 0 spiro atoms. The molecular weight excluding hydrogens is 198 g/mol. The summed E-state index contributed by atoms with van der Waals surface area (Å²) in [6.45, 7) is 4.76. The predicted molar refractivity (Wildman–Crippen MR) is 58.9 cm³/mol. The van der Waals surface area contributed by atoms with Crippen LogP contribution in [-0.4, -0.2) is 13.6 Å². The van der Waals surface area contributed by atoms with E-state index in [1.165, 1.54) is 6.07 Å². The highest BCUT2D eigenvalue weighted by Crippen LogP contribution is 2.26. The van der Waals surface area contributed by atoms with Crippen LogP contribution >= 0.6 is 0 Å². The summed E-state index contributed by atoms with van der Waals surface area (Å²) in [5.41, 5.74) is 5.95. The van der Waals surface area contributed by atoms with Crippen molar-refractivity contribution in [3.63, 3.8) is 0 Å². The van der Waals surface area contributed by atoms with Crippen LogP contribution in [0.5, 0.6) is 0 Å². The third-order valence-electron chi connectivity index (χ3n) is 2.12. The highest BCUT2D eigenvalue weighted by molar-refractivity contribution is 5.67. The summed E-state index contributed by atoms with van der Waals surface area (Å²) >= 11 is 0. The Morgan fingerprint density at radius 3 is 2.47 bits per heavy atom. The lowest BCUT2D eigenvalue weighted by atomic mass is 10.2. The van der Waals surface area contributed by atoms with Crippen molar-refractivity contribution < 1.29 is 8.78 Å². The minimum atomic E-state index is -0.708. The van der Waals surface area contributed by atoms with E-state index in [2.05, 4.69) is 0 Å². The molecule has 2 N–H and O–H groups in total. The van der Waals surface area contributed by atoms with Gasteiger partial charge in [0.25, 0.3) is 0 Å². The topological polar surface area (TPSA) is 29.3 Å². The summed E-state index contributed by atoms with van der Waals surface area (Å²) < 4.78 is 26.1. The number of hydrogen-bond acceptors (Lipinski definition) is 2. The molecule has 0 bridgehead atoms. The summed E-state index contributed by atoms with van der Waals surface area (Å²) in [5, 5.41) is 0. The standard InChI is InChI=1S/C11H16F2N2/c1-7(2)6-15(3)10-5-8(12)4-9(13)11(10)14/h4-5,7H,6,14H2,1-3H3. The van der Waals surface area contributed by atoms with Gasteiger partial charge in [0.05, 0.1) is 11.4 Å². The maximum Gasteiger partial charge on any atom is 0.151 e. The van der Waals surface area contributed by atoms with E-state index >= 15 is 0 Å². The molecular formula is C11H16F2N2. The Labute approximate surface area is 88.7 Å². The fourth-order valence-corrected chi connectivity index (χ4v) is 1.53. The van der Waals surface area contributed by atoms with Crippen LogP contribution in [0.15, 0.2) is 12.1 Å². The van der Waals surface area contributed by atoms with E-state index in [9.17, 15) is 8.78 Å². The number of hydrogen-bond donors (Lipinski definition) is 1. The predicted octanol–water partition coefficient (Wildman–Crippen LogP) is 2.64. The zero-order valence-corrected chi connectivity index (χ0v) is 9.22. The van der Waals surface area contributed by atoms with Crippen molar-refractivity contribution in [3.05, 3.63) is 23.8 Å². The Kier molecular flexibility index (Phi) is 3.50. The number of anilines is 2. The van der Waals surface area contributed by atoms with Crippen LogP contribution in [0.3, 0.4) is 0 Å². The van der Waals surface area contributed by atoms with Gasteiger partial charge < -0.3 is 10.6 Å². The maximum atomic E-state index is 13.1. The van der Waals surface area contributed by atoms with Gasteiger partial charge in [0.15, 0.2) is 5.82 Å². The summed E-state index contributed by atoms with van der Waals surface area (Å²) in [7, 11) is 1.77. The van der Waals surface area contributed by atoms with E-state index in [0.29, 0.717) is 18.2 Å². The molecule has 0 unspecified atom stereocenters. The third kappa shape index (κ3) is 2.81. The number of rotatable bonds is 3. The second-order valence-electron chi connectivity index (χ2n) is 4.09. The van der Waals surface area contributed by atoms with Crippen LogP contribution in [0.25, 0.3) is 0 Å². The highest BCUT2D eigenvalue weighted by Gasteiger charge is 2.12. The molecule has 15 heavy (non-hydrogen) atoms. The minimum Gasteiger partial charge on any atom is -0.395 e. The van der Waals surface area contributed by atoms with Gasteiger partial charge >= 0.3 is 0 Å². The van der Waals surface area contributed by atoms with Crippen molar-refractivity contribution in [3.8, 4) is 0 Å². The molecule has 0 saturated heterocycles. The van der Waals surface area contributed by atoms with Crippen molar-refractivity contribution in [2.24, 2.45) is 5.92 Å². The van der Waals surface area contributed by atoms with Crippen LogP contribution in [0.4, 0.5) is 20.2 Å². The van der Waals surface area contributed by atoms with E-state index in [1.807, 2.05) is 13.8 Å². The molecule has 0 aliphatic rings. The summed E-state index contributed by atoms with van der Waals surface area (Å²) in [4.78, 5) is 1.76. The van der Waals surface area contributed by atoms with E-state index in [0.717, 1.165) is 6.07 Å². The van der Waals surface area contributed by atoms with Gasteiger partial charge in [-0.2, -0.15) is 0 Å². The molecule has 0 aromatic heterocycles. The van der Waals surface area contributed by atoms with Gasteiger partial charge in [-0.1, -0.05) is 13.8 Å². The third-order valence-corrected chi connectivity index (χ3v) is 2.12. The van der Waals surface area contributed by atoms with Crippen LogP contribution < -0.4 is 10.6 Å². The Morgan fingerprint density at radius 1 is 1.33 bits per heavy atom. The van der Waals surface area contributed by atoms with Crippen molar-refractivity contribution in [1.29, 1.82) is 0 Å². The van der Waals surface area contributed by atoms with E-state index in [1.54, 1.807) is 11.9 Å². The molecule has 2 nitrogen and oxygen atoms in total. The van der Waals surface area contributed by atoms with Gasteiger partial charge in [-0.25, -0.2) is 8.78 Å². The van der Waals surface area contributed by atoms with Crippen LogP contribution in [-0.2, 0) is 0 Å². The van der Waals surface area contributed by atoms with Crippen molar-refractivity contribution in [1.82, 2.24) is 0 Å². The molecule has 1 aromatic rings. The molecule has 0 radical (unpaired) electrons. The van der Waals surface area contributed by atoms with Crippen molar-refractivity contribution in [2.45, 2.75) is 13.8 Å². The fraction of sp³-hybridized carbons (Fsp3) is 0.455. The second-order valence-corrected chi connectivity index (χ2v) is 4.09. The van der Waals surface area contributed by atoms with E-state index in [-0.39, 0.29) is 5.69 Å². The molecule has 1 aromatic carbocycles. The Hall–Kier alpha value is -1.32. The molecule has 84 valence electrons. The van der Waals surface area contributed by atoms with Gasteiger partial charge in [-0.05, 0) is 12.0 Å². The lowest BCUT2D eigenvalue weighted by molar-refractivity contribution is 0.582. The van der Waals surface area contributed by atoms with Crippen LogP contribution in [0, 0.1) is 17.6 Å². The quantitative estimate of drug-likeness (QED) is 0.784. The number of nitrogens with zero attached hydrogens (tertiary/aromatic N) is 1. The van der Waals surface area contributed by atoms with Crippen molar-refractivity contribution >= 4 is 11.4 Å². The smallest absolute Gasteiger partial charge is 0.151 e. The maximum absolute atomic E-state index is 13.1. The second kappa shape index (κ2) is 4.47. The first-order chi connectivity index (χ1) is 6.91. The van der Waals surface area contributed by atoms with Gasteiger partial charge in [-0.3, -0.25) is 0 Å². The first-order valence-electron chi connectivity index (χ1n) is 4.87. The molecule has 0 heterocycles. The molecule has 0 saturated carbocycles. The largest absolute Gasteiger partial charge is 0.395 e. The number of halogens is 2. The van der Waals surface area contributed by atoms with Crippen LogP contribution in [0.2, 0.25) is 0 Å². The van der Waals surface area contributed by atoms with Crippen molar-refractivity contribution in [2.75, 3.05) is 24.2 Å². The SMILES string of the molecule is CC(C)CN(C)c1cc(F)cc(F)c1N. The molecule has 4 heteroatoms. The van der Waals surface area contributed by atoms with Gasteiger partial charge in [0.2, 0.25) is 0 Å². The molecule has 0 aliphatic heterocycles. The zero-order valence-electron chi connectivity index (χ0n) is 9.22. The lowest BCUT2D eigenvalue weighted by Crippen LogP contribution is -2.24. The number of benzene rings is 1. The van der Waals surface area contributed by atoms with E-state index < -0.39 is 11.6 Å². The Bertz CT molecular complexity index is 351. The van der Waals surface area contributed by atoms with Gasteiger partial charge in [-0.15, -0.1) is 0 Å². The molecule has 0 atom stereocenters. The summed E-state index contributed by atoms with van der Waals surface area (Å²) in [6.07, 6.45) is 0. The summed E-state index contributed by atoms with van der Waals surface area (Å²) in [6, 6.07) is 2.04. The first-order valence-corrected chi connectivity index (χ1v) is 4.87. The highest BCUT2D eigenvalue weighted by atomic mass is 19.1. The van der Waals surface area contributed by atoms with Gasteiger partial charge in [0, 0.05) is 19.7 Å². The minimum absolute atomic E-state index is 0.000417. The lowest BCUT2D eigenvalue weighted by Gasteiger charge is -2.23. The average Bonchev–Trinajstić information content (AvgIpc) is 2.09. The number of nitrogen functional groups attached to an aromatic ring is 1.